The Morgan fingerprint density at radius 1 is 1.33 bits per heavy atom. The lowest BCUT2D eigenvalue weighted by atomic mass is 10.3. The number of hydrogen-bond donors (Lipinski definition) is 1. The number of alkyl halides is 2. The average Bonchev–Trinajstić information content (AvgIpc) is 2.28. The summed E-state index contributed by atoms with van der Waals surface area (Å²) in [5.74, 6) is -3.15. The average molecular weight is 297 g/mol. The molecule has 1 unspecified atom stereocenters. The topological polar surface area (TPSA) is 63.2 Å². The highest BCUT2D eigenvalue weighted by molar-refractivity contribution is 7.91. The maximum Gasteiger partial charge on any atom is 0.341 e. The molecule has 0 spiro atoms. The maximum atomic E-state index is 12.5. The summed E-state index contributed by atoms with van der Waals surface area (Å²) in [6.07, 6.45) is 1.50. The fourth-order valence-corrected chi connectivity index (χ4v) is 2.58. The zero-order chi connectivity index (χ0) is 13.8. The van der Waals surface area contributed by atoms with E-state index in [0.29, 0.717) is 5.75 Å². The first kappa shape index (κ1) is 15.0. The van der Waals surface area contributed by atoms with Gasteiger partial charge in [-0.25, -0.2) is 8.42 Å². The summed E-state index contributed by atoms with van der Waals surface area (Å²) in [5, 5.41) is 2.70. The summed E-state index contributed by atoms with van der Waals surface area (Å²) in [4.78, 5) is -0.443. The van der Waals surface area contributed by atoms with Gasteiger partial charge < -0.3 is 5.32 Å². The van der Waals surface area contributed by atoms with Crippen LogP contribution in [-0.2, 0) is 20.6 Å². The number of nitrogens with one attached hydrogen (secondary N) is 1. The van der Waals surface area contributed by atoms with Crippen LogP contribution in [0, 0.1) is 0 Å². The van der Waals surface area contributed by atoms with Crippen LogP contribution in [0.5, 0.6) is 0 Å². The van der Waals surface area contributed by atoms with Gasteiger partial charge in [-0.2, -0.15) is 8.78 Å². The number of hydrogen-bond acceptors (Lipinski definition) is 4. The number of anilines is 1. The molecule has 1 rings (SSSR count). The molecule has 18 heavy (non-hydrogen) atoms. The SMILES string of the molecule is CS(=O)CCNc1ccccc1S(=O)(=O)C(F)F. The fourth-order valence-electron chi connectivity index (χ4n) is 1.29. The van der Waals surface area contributed by atoms with Gasteiger partial charge in [-0.05, 0) is 12.1 Å². The molecule has 0 aliphatic rings. The van der Waals surface area contributed by atoms with Gasteiger partial charge in [-0.15, -0.1) is 0 Å². The van der Waals surface area contributed by atoms with Gasteiger partial charge in [-0.3, -0.25) is 4.21 Å². The summed E-state index contributed by atoms with van der Waals surface area (Å²) in [6.45, 7) is 0.249. The first-order valence-electron chi connectivity index (χ1n) is 5.00. The quantitative estimate of drug-likeness (QED) is 0.864. The molecule has 0 aliphatic carbocycles. The van der Waals surface area contributed by atoms with Gasteiger partial charge in [0.05, 0.1) is 10.6 Å². The standard InChI is InChI=1S/C10H13F2NO3S2/c1-17(14)7-6-13-8-4-2-3-5-9(8)18(15,16)10(11)12/h2-5,10,13H,6-7H2,1H3. The third-order valence-corrected chi connectivity index (χ3v) is 4.35. The highest BCUT2D eigenvalue weighted by Crippen LogP contribution is 2.25. The molecule has 102 valence electrons. The van der Waals surface area contributed by atoms with Crippen molar-refractivity contribution in [2.75, 3.05) is 23.9 Å². The molecule has 4 nitrogen and oxygen atoms in total. The number of sulfone groups is 1. The summed E-state index contributed by atoms with van der Waals surface area (Å²) in [5.41, 5.74) is 0.100. The van der Waals surface area contributed by atoms with E-state index in [4.69, 9.17) is 0 Å². The molecule has 0 saturated carbocycles. The van der Waals surface area contributed by atoms with E-state index < -0.39 is 31.3 Å². The predicted molar refractivity (Wildman–Crippen MR) is 67.1 cm³/mol. The summed E-state index contributed by atoms with van der Waals surface area (Å²) < 4.78 is 58.6. The number of para-hydroxylation sites is 1. The molecule has 1 aromatic rings. The van der Waals surface area contributed by atoms with Gasteiger partial charge in [0.25, 0.3) is 0 Å². The minimum atomic E-state index is -4.63. The van der Waals surface area contributed by atoms with E-state index in [1.54, 1.807) is 0 Å². The second-order valence-electron chi connectivity index (χ2n) is 3.51. The second kappa shape index (κ2) is 6.24. The van der Waals surface area contributed by atoms with Crippen LogP contribution in [0.2, 0.25) is 0 Å². The zero-order valence-electron chi connectivity index (χ0n) is 9.60. The van der Waals surface area contributed by atoms with Crippen LogP contribution < -0.4 is 5.32 Å². The third kappa shape index (κ3) is 3.74. The van der Waals surface area contributed by atoms with Crippen molar-refractivity contribution in [3.8, 4) is 0 Å². The Balaban J connectivity index is 2.97. The first-order valence-corrected chi connectivity index (χ1v) is 8.28. The number of halogens is 2. The molecule has 8 heteroatoms. The van der Waals surface area contributed by atoms with E-state index in [-0.39, 0.29) is 12.2 Å². The van der Waals surface area contributed by atoms with Gasteiger partial charge in [0, 0.05) is 29.4 Å². The minimum absolute atomic E-state index is 0.100. The molecule has 0 amide bonds. The Morgan fingerprint density at radius 3 is 2.50 bits per heavy atom. The van der Waals surface area contributed by atoms with Gasteiger partial charge in [0.1, 0.15) is 0 Å². The summed E-state index contributed by atoms with van der Waals surface area (Å²) >= 11 is 0. The van der Waals surface area contributed by atoms with Crippen molar-refractivity contribution in [1.82, 2.24) is 0 Å². The fraction of sp³-hybridized carbons (Fsp3) is 0.400. The molecule has 0 radical (unpaired) electrons. The molecule has 1 aromatic carbocycles. The Kier molecular flexibility index (Phi) is 5.21. The molecule has 1 N–H and O–H groups in total. The number of benzene rings is 1. The van der Waals surface area contributed by atoms with Crippen molar-refractivity contribution >= 4 is 26.3 Å². The molecular weight excluding hydrogens is 284 g/mol. The van der Waals surface area contributed by atoms with Crippen LogP contribution in [0.15, 0.2) is 29.2 Å². The van der Waals surface area contributed by atoms with E-state index in [2.05, 4.69) is 5.32 Å². The maximum absolute atomic E-state index is 12.5. The van der Waals surface area contributed by atoms with E-state index in [0.717, 1.165) is 6.07 Å². The van der Waals surface area contributed by atoms with Crippen molar-refractivity contribution in [1.29, 1.82) is 0 Å². The highest BCUT2D eigenvalue weighted by Gasteiger charge is 2.28. The van der Waals surface area contributed by atoms with E-state index >= 15 is 0 Å². The van der Waals surface area contributed by atoms with Crippen molar-refractivity contribution in [3.05, 3.63) is 24.3 Å². The molecule has 0 aromatic heterocycles. The number of rotatable bonds is 6. The monoisotopic (exact) mass is 297 g/mol. The van der Waals surface area contributed by atoms with Crippen molar-refractivity contribution in [2.45, 2.75) is 10.7 Å². The normalized spacial score (nSPS) is 13.6. The zero-order valence-corrected chi connectivity index (χ0v) is 11.2. The highest BCUT2D eigenvalue weighted by atomic mass is 32.2. The lowest BCUT2D eigenvalue weighted by molar-refractivity contribution is 0.235. The lowest BCUT2D eigenvalue weighted by Crippen LogP contribution is -2.16. The third-order valence-electron chi connectivity index (χ3n) is 2.13. The minimum Gasteiger partial charge on any atom is -0.383 e. The Hall–Kier alpha value is -1.02. The van der Waals surface area contributed by atoms with Crippen LogP contribution in [0.3, 0.4) is 0 Å². The van der Waals surface area contributed by atoms with Crippen LogP contribution in [0.1, 0.15) is 0 Å². The predicted octanol–water partition coefficient (Wildman–Crippen LogP) is 1.47. The Bertz CT molecular complexity index is 532. The molecule has 0 bridgehead atoms. The lowest BCUT2D eigenvalue weighted by Gasteiger charge is -2.11. The van der Waals surface area contributed by atoms with Gasteiger partial charge >= 0.3 is 5.76 Å². The van der Waals surface area contributed by atoms with Crippen molar-refractivity contribution in [3.63, 3.8) is 0 Å². The Labute approximate surface area is 107 Å². The molecule has 0 heterocycles. The van der Waals surface area contributed by atoms with E-state index in [1.165, 1.54) is 24.5 Å². The van der Waals surface area contributed by atoms with E-state index in [1.807, 2.05) is 0 Å². The van der Waals surface area contributed by atoms with Gasteiger partial charge in [-0.1, -0.05) is 12.1 Å². The molecule has 0 saturated heterocycles. The molecule has 1 atom stereocenters. The van der Waals surface area contributed by atoms with Crippen molar-refractivity contribution in [2.24, 2.45) is 0 Å². The second-order valence-corrected chi connectivity index (χ2v) is 6.95. The van der Waals surface area contributed by atoms with Gasteiger partial charge in [0.2, 0.25) is 9.84 Å². The summed E-state index contributed by atoms with van der Waals surface area (Å²) in [6, 6.07) is 5.43. The van der Waals surface area contributed by atoms with E-state index in [9.17, 15) is 21.4 Å². The molecule has 0 fully saturated rings. The van der Waals surface area contributed by atoms with Crippen molar-refractivity contribution < 1.29 is 21.4 Å². The van der Waals surface area contributed by atoms with Crippen LogP contribution in [0.4, 0.5) is 14.5 Å². The van der Waals surface area contributed by atoms with Crippen LogP contribution >= 0.6 is 0 Å². The Morgan fingerprint density at radius 2 is 1.94 bits per heavy atom. The smallest absolute Gasteiger partial charge is 0.341 e. The van der Waals surface area contributed by atoms with Gasteiger partial charge in [0.15, 0.2) is 0 Å². The first-order chi connectivity index (χ1) is 8.35. The molecular formula is C10H13F2NO3S2. The molecule has 0 aliphatic heterocycles. The largest absolute Gasteiger partial charge is 0.383 e. The summed E-state index contributed by atoms with van der Waals surface area (Å²) in [7, 11) is -5.67. The van der Waals surface area contributed by atoms with Crippen LogP contribution in [0.25, 0.3) is 0 Å². The van der Waals surface area contributed by atoms with Crippen LogP contribution in [-0.4, -0.2) is 36.9 Å².